The van der Waals surface area contributed by atoms with Crippen LogP contribution in [0.3, 0.4) is 0 Å². The quantitative estimate of drug-likeness (QED) is 0.806. The molecule has 0 bridgehead atoms. The first kappa shape index (κ1) is 19.2. The molecule has 5 nitrogen and oxygen atoms in total. The SMILES string of the molecule is C=Cc1ccc(C(=O)N2CCN(C)C3(CCC(=O)N(CC4CC4)CC3)C2)cc1. The lowest BCUT2D eigenvalue weighted by molar-refractivity contribution is -0.130. The van der Waals surface area contributed by atoms with Gasteiger partial charge in [-0.1, -0.05) is 24.8 Å². The van der Waals surface area contributed by atoms with E-state index in [1.807, 2.05) is 29.2 Å². The van der Waals surface area contributed by atoms with Crippen LogP contribution in [0.25, 0.3) is 6.08 Å². The van der Waals surface area contributed by atoms with Gasteiger partial charge in [0.15, 0.2) is 0 Å². The van der Waals surface area contributed by atoms with E-state index in [1.54, 1.807) is 6.08 Å². The van der Waals surface area contributed by atoms with Crippen LogP contribution in [-0.2, 0) is 4.79 Å². The van der Waals surface area contributed by atoms with Crippen molar-refractivity contribution >= 4 is 17.9 Å². The van der Waals surface area contributed by atoms with Gasteiger partial charge in [-0.2, -0.15) is 0 Å². The molecule has 150 valence electrons. The zero-order valence-electron chi connectivity index (χ0n) is 16.9. The molecule has 1 aromatic rings. The van der Waals surface area contributed by atoms with Crippen LogP contribution in [0.5, 0.6) is 0 Å². The molecule has 4 rings (SSSR count). The second-order valence-electron chi connectivity index (χ2n) is 8.73. The normalized spacial score (nSPS) is 26.4. The van der Waals surface area contributed by atoms with E-state index in [9.17, 15) is 9.59 Å². The van der Waals surface area contributed by atoms with Crippen LogP contribution < -0.4 is 0 Å². The first-order chi connectivity index (χ1) is 13.5. The molecule has 5 heteroatoms. The third-order valence-corrected chi connectivity index (χ3v) is 6.86. The molecule has 3 aliphatic rings. The number of carbonyl (C=O) groups excluding carboxylic acids is 2. The number of hydrogen-bond donors (Lipinski definition) is 0. The van der Waals surface area contributed by atoms with E-state index in [0.717, 1.165) is 56.1 Å². The highest BCUT2D eigenvalue weighted by atomic mass is 16.2. The third-order valence-electron chi connectivity index (χ3n) is 6.86. The minimum atomic E-state index is -0.0943. The van der Waals surface area contributed by atoms with Crippen LogP contribution >= 0.6 is 0 Å². The maximum atomic E-state index is 13.1. The van der Waals surface area contributed by atoms with Crippen molar-refractivity contribution in [1.29, 1.82) is 0 Å². The van der Waals surface area contributed by atoms with E-state index >= 15 is 0 Å². The van der Waals surface area contributed by atoms with Gasteiger partial charge in [-0.3, -0.25) is 14.5 Å². The average molecular weight is 382 g/mol. The Bertz CT molecular complexity index is 756. The Morgan fingerprint density at radius 1 is 1.18 bits per heavy atom. The minimum Gasteiger partial charge on any atom is -0.342 e. The molecule has 3 fully saturated rings. The molecule has 0 aromatic heterocycles. The van der Waals surface area contributed by atoms with Crippen LogP contribution in [0.1, 0.15) is 48.0 Å². The highest BCUT2D eigenvalue weighted by Gasteiger charge is 2.44. The number of hydrogen-bond acceptors (Lipinski definition) is 3. The van der Waals surface area contributed by atoms with E-state index in [1.165, 1.54) is 12.8 Å². The standard InChI is InChI=1S/C23H31N3O2/c1-3-18-6-8-20(9-7-18)22(28)26-15-14-24(2)23(17-26)11-10-21(27)25(13-12-23)16-19-4-5-19/h3,6-9,19H,1,4-5,10-17H2,2H3. The molecular formula is C23H31N3O2. The summed E-state index contributed by atoms with van der Waals surface area (Å²) in [6.45, 7) is 7.81. The smallest absolute Gasteiger partial charge is 0.253 e. The number of benzene rings is 1. The van der Waals surface area contributed by atoms with Gasteiger partial charge < -0.3 is 9.80 Å². The Kier molecular flexibility index (Phi) is 5.28. The highest BCUT2D eigenvalue weighted by Crippen LogP contribution is 2.35. The molecule has 1 saturated carbocycles. The van der Waals surface area contributed by atoms with Crippen molar-refractivity contribution in [3.63, 3.8) is 0 Å². The number of amides is 2. The predicted octanol–water partition coefficient (Wildman–Crippen LogP) is 2.88. The topological polar surface area (TPSA) is 43.9 Å². The summed E-state index contributed by atoms with van der Waals surface area (Å²) in [5, 5.41) is 0. The van der Waals surface area contributed by atoms with Crippen molar-refractivity contribution in [2.75, 3.05) is 39.8 Å². The van der Waals surface area contributed by atoms with Gasteiger partial charge in [-0.25, -0.2) is 0 Å². The van der Waals surface area contributed by atoms with Crippen LogP contribution in [0.15, 0.2) is 30.8 Å². The van der Waals surface area contributed by atoms with Crippen molar-refractivity contribution in [2.45, 2.75) is 37.6 Å². The van der Waals surface area contributed by atoms with Crippen molar-refractivity contribution in [3.8, 4) is 0 Å². The molecule has 28 heavy (non-hydrogen) atoms. The summed E-state index contributed by atoms with van der Waals surface area (Å²) < 4.78 is 0. The summed E-state index contributed by atoms with van der Waals surface area (Å²) in [5.41, 5.74) is 1.65. The van der Waals surface area contributed by atoms with Gasteiger partial charge in [0, 0.05) is 50.2 Å². The second kappa shape index (κ2) is 7.70. The fourth-order valence-electron chi connectivity index (χ4n) is 4.62. The maximum Gasteiger partial charge on any atom is 0.253 e. The molecule has 2 amide bonds. The summed E-state index contributed by atoms with van der Waals surface area (Å²) in [6, 6.07) is 7.65. The van der Waals surface area contributed by atoms with Gasteiger partial charge in [0.1, 0.15) is 0 Å². The van der Waals surface area contributed by atoms with Crippen LogP contribution in [0, 0.1) is 5.92 Å². The Balaban J connectivity index is 1.48. The van der Waals surface area contributed by atoms with Crippen molar-refractivity contribution in [1.82, 2.24) is 14.7 Å². The van der Waals surface area contributed by atoms with Gasteiger partial charge in [0.05, 0.1) is 0 Å². The molecule has 1 spiro atoms. The lowest BCUT2D eigenvalue weighted by atomic mass is 9.86. The van der Waals surface area contributed by atoms with Crippen molar-refractivity contribution in [3.05, 3.63) is 42.0 Å². The van der Waals surface area contributed by atoms with Crippen LogP contribution in [-0.4, -0.2) is 71.8 Å². The molecule has 1 atom stereocenters. The number of likely N-dealkylation sites (N-methyl/N-ethyl adjacent to an activating group) is 1. The lowest BCUT2D eigenvalue weighted by Crippen LogP contribution is -2.62. The van der Waals surface area contributed by atoms with Gasteiger partial charge in [0.25, 0.3) is 5.91 Å². The molecule has 0 radical (unpaired) electrons. The molecule has 1 unspecified atom stereocenters. The van der Waals surface area contributed by atoms with Gasteiger partial charge in [-0.05, 0) is 56.3 Å². The molecule has 1 aromatic carbocycles. The molecule has 2 heterocycles. The fraction of sp³-hybridized carbons (Fsp3) is 0.565. The summed E-state index contributed by atoms with van der Waals surface area (Å²) in [4.78, 5) is 32.2. The number of likely N-dealkylation sites (tertiary alicyclic amines) is 1. The van der Waals surface area contributed by atoms with E-state index < -0.39 is 0 Å². The first-order valence-corrected chi connectivity index (χ1v) is 10.5. The summed E-state index contributed by atoms with van der Waals surface area (Å²) in [5.74, 6) is 1.10. The van der Waals surface area contributed by atoms with Gasteiger partial charge >= 0.3 is 0 Å². The summed E-state index contributed by atoms with van der Waals surface area (Å²) in [7, 11) is 2.15. The summed E-state index contributed by atoms with van der Waals surface area (Å²) >= 11 is 0. The summed E-state index contributed by atoms with van der Waals surface area (Å²) in [6.07, 6.45) is 6.69. The number of piperazine rings is 1. The monoisotopic (exact) mass is 381 g/mol. The Morgan fingerprint density at radius 2 is 1.93 bits per heavy atom. The molecular weight excluding hydrogens is 350 g/mol. The van der Waals surface area contributed by atoms with Gasteiger partial charge in [0.2, 0.25) is 5.91 Å². The van der Waals surface area contributed by atoms with Gasteiger partial charge in [-0.15, -0.1) is 0 Å². The largest absolute Gasteiger partial charge is 0.342 e. The van der Waals surface area contributed by atoms with E-state index in [-0.39, 0.29) is 11.4 Å². The molecule has 1 aliphatic carbocycles. The van der Waals surface area contributed by atoms with E-state index in [0.29, 0.717) is 18.9 Å². The zero-order chi connectivity index (χ0) is 19.7. The van der Waals surface area contributed by atoms with Crippen molar-refractivity contribution in [2.24, 2.45) is 5.92 Å². The molecule has 2 aliphatic heterocycles. The molecule has 2 saturated heterocycles. The minimum absolute atomic E-state index is 0.0912. The number of nitrogens with zero attached hydrogens (tertiary/aromatic N) is 3. The fourth-order valence-corrected chi connectivity index (χ4v) is 4.62. The maximum absolute atomic E-state index is 13.1. The Morgan fingerprint density at radius 3 is 2.61 bits per heavy atom. The van der Waals surface area contributed by atoms with Crippen LogP contribution in [0.2, 0.25) is 0 Å². The lowest BCUT2D eigenvalue weighted by Gasteiger charge is -2.49. The third kappa shape index (κ3) is 3.86. The number of rotatable bonds is 4. The predicted molar refractivity (Wildman–Crippen MR) is 111 cm³/mol. The zero-order valence-corrected chi connectivity index (χ0v) is 16.9. The van der Waals surface area contributed by atoms with E-state index in [2.05, 4.69) is 23.4 Å². The molecule has 0 N–H and O–H groups in total. The van der Waals surface area contributed by atoms with Crippen LogP contribution in [0.4, 0.5) is 0 Å². The first-order valence-electron chi connectivity index (χ1n) is 10.5. The van der Waals surface area contributed by atoms with E-state index in [4.69, 9.17) is 0 Å². The average Bonchev–Trinajstić information content (AvgIpc) is 3.55. The Hall–Kier alpha value is -2.14. The second-order valence-corrected chi connectivity index (χ2v) is 8.73. The number of carbonyl (C=O) groups is 2. The Labute approximate surface area is 168 Å². The highest BCUT2D eigenvalue weighted by molar-refractivity contribution is 5.94. The van der Waals surface area contributed by atoms with Crippen molar-refractivity contribution < 1.29 is 9.59 Å².